The van der Waals surface area contributed by atoms with Crippen molar-refractivity contribution < 1.29 is 32.2 Å². The maximum Gasteiger partial charge on any atom is 0.408 e. The summed E-state index contributed by atoms with van der Waals surface area (Å²) in [6, 6.07) is -1.88. The Kier molecular flexibility index (Phi) is 6.29. The minimum absolute atomic E-state index is 0.798. The Balaban J connectivity index is 5.19. The average molecular weight is 327 g/mol. The van der Waals surface area contributed by atoms with Crippen LogP contribution in [0.1, 0.15) is 48.5 Å². The van der Waals surface area contributed by atoms with Gasteiger partial charge in [-0.15, -0.1) is 0 Å². The second kappa shape index (κ2) is 6.75. The molecule has 22 heavy (non-hydrogen) atoms. The fourth-order valence-electron chi connectivity index (χ4n) is 1.38. The lowest BCUT2D eigenvalue weighted by atomic mass is 10.0. The molecule has 130 valence electrons. The number of nitrogens with one attached hydrogen (secondary N) is 1. The van der Waals surface area contributed by atoms with E-state index in [9.17, 15) is 22.8 Å². The lowest BCUT2D eigenvalue weighted by molar-refractivity contribution is -0.191. The monoisotopic (exact) mass is 327 g/mol. The lowest BCUT2D eigenvalue weighted by Gasteiger charge is -2.29. The second-order valence-corrected chi connectivity index (χ2v) is 6.99. The summed E-state index contributed by atoms with van der Waals surface area (Å²) in [5.41, 5.74) is -1.87. The van der Waals surface area contributed by atoms with Crippen molar-refractivity contribution in [3.8, 4) is 0 Å². The molecule has 0 aliphatic carbocycles. The first-order valence-corrected chi connectivity index (χ1v) is 6.82. The van der Waals surface area contributed by atoms with Gasteiger partial charge >= 0.3 is 18.2 Å². The predicted molar refractivity (Wildman–Crippen MR) is 74.2 cm³/mol. The van der Waals surface area contributed by atoms with Gasteiger partial charge < -0.3 is 14.8 Å². The molecule has 0 saturated heterocycles. The normalized spacial score (nSPS) is 15.7. The minimum atomic E-state index is -4.67. The molecule has 0 aromatic heterocycles. The summed E-state index contributed by atoms with van der Waals surface area (Å²) in [4.78, 5) is 23.6. The largest absolute Gasteiger partial charge is 0.458 e. The number of hydrogen-bond acceptors (Lipinski definition) is 4. The number of alkyl carbamates (subject to hydrolysis) is 1. The van der Waals surface area contributed by atoms with Crippen LogP contribution in [0.3, 0.4) is 0 Å². The summed E-state index contributed by atoms with van der Waals surface area (Å²) in [5.74, 6) is -3.28. The molecule has 1 amide bonds. The van der Waals surface area contributed by atoms with Gasteiger partial charge in [0.1, 0.15) is 17.2 Å². The standard InChI is InChI=1S/C14H24F3NO4/c1-8(14(15,16)17)9(10(19)21-12(2,3)4)18-11(20)22-13(5,6)7/h8-9H,1-7H3,(H,18,20). The molecule has 0 aliphatic heterocycles. The van der Waals surface area contributed by atoms with Crippen LogP contribution in [0.25, 0.3) is 0 Å². The molecule has 0 aromatic carbocycles. The molecule has 2 unspecified atom stereocenters. The van der Waals surface area contributed by atoms with E-state index >= 15 is 0 Å². The number of carbonyl (C=O) groups excluding carboxylic acids is 2. The molecule has 0 rings (SSSR count). The third-order valence-corrected chi connectivity index (χ3v) is 2.35. The summed E-state index contributed by atoms with van der Waals surface area (Å²) in [6.07, 6.45) is -5.78. The Morgan fingerprint density at radius 3 is 1.64 bits per heavy atom. The number of rotatable bonds is 3. The van der Waals surface area contributed by atoms with Gasteiger partial charge in [-0.25, -0.2) is 9.59 Å². The van der Waals surface area contributed by atoms with Crippen LogP contribution in [0, 0.1) is 5.92 Å². The first-order chi connectivity index (χ1) is 9.53. The number of halogens is 3. The van der Waals surface area contributed by atoms with Crippen LogP contribution in [-0.2, 0) is 14.3 Å². The zero-order chi connectivity index (χ0) is 17.9. The highest BCUT2D eigenvalue weighted by Gasteiger charge is 2.46. The molecule has 0 aliphatic rings. The smallest absolute Gasteiger partial charge is 0.408 e. The van der Waals surface area contributed by atoms with Crippen LogP contribution < -0.4 is 5.32 Å². The molecule has 8 heteroatoms. The fourth-order valence-corrected chi connectivity index (χ4v) is 1.38. The first kappa shape index (κ1) is 20.5. The Morgan fingerprint density at radius 2 is 1.32 bits per heavy atom. The van der Waals surface area contributed by atoms with Crippen molar-refractivity contribution in [2.75, 3.05) is 0 Å². The molecule has 0 aromatic rings. The van der Waals surface area contributed by atoms with Gasteiger partial charge in [0.2, 0.25) is 0 Å². The van der Waals surface area contributed by atoms with Crippen molar-refractivity contribution in [1.29, 1.82) is 0 Å². The van der Waals surface area contributed by atoms with Crippen molar-refractivity contribution in [3.05, 3.63) is 0 Å². The average Bonchev–Trinajstić information content (AvgIpc) is 2.18. The van der Waals surface area contributed by atoms with Gasteiger partial charge in [-0.1, -0.05) is 6.92 Å². The summed E-state index contributed by atoms with van der Waals surface area (Å²) in [6.45, 7) is 10.0. The van der Waals surface area contributed by atoms with Gasteiger partial charge in [-0.05, 0) is 41.5 Å². The molecule has 0 saturated carbocycles. The van der Waals surface area contributed by atoms with Crippen LogP contribution in [0.15, 0.2) is 0 Å². The highest BCUT2D eigenvalue weighted by atomic mass is 19.4. The highest BCUT2D eigenvalue weighted by Crippen LogP contribution is 2.29. The van der Waals surface area contributed by atoms with E-state index in [1.807, 2.05) is 5.32 Å². The van der Waals surface area contributed by atoms with Crippen LogP contribution >= 0.6 is 0 Å². The van der Waals surface area contributed by atoms with E-state index in [0.29, 0.717) is 0 Å². The van der Waals surface area contributed by atoms with Crippen LogP contribution in [0.5, 0.6) is 0 Å². The van der Waals surface area contributed by atoms with Crippen LogP contribution in [0.4, 0.5) is 18.0 Å². The zero-order valence-corrected chi connectivity index (χ0v) is 13.9. The van der Waals surface area contributed by atoms with E-state index in [-0.39, 0.29) is 0 Å². The van der Waals surface area contributed by atoms with E-state index < -0.39 is 41.4 Å². The number of amides is 1. The fraction of sp³-hybridized carbons (Fsp3) is 0.857. The van der Waals surface area contributed by atoms with Crippen molar-refractivity contribution in [3.63, 3.8) is 0 Å². The highest BCUT2D eigenvalue weighted by molar-refractivity contribution is 5.82. The Labute approximate surface area is 128 Å². The van der Waals surface area contributed by atoms with Gasteiger partial charge in [-0.3, -0.25) is 0 Å². The van der Waals surface area contributed by atoms with E-state index in [0.717, 1.165) is 6.92 Å². The summed E-state index contributed by atoms with van der Waals surface area (Å²) >= 11 is 0. The van der Waals surface area contributed by atoms with Crippen LogP contribution in [-0.4, -0.2) is 35.5 Å². The molecule has 0 heterocycles. The van der Waals surface area contributed by atoms with Crippen molar-refractivity contribution in [2.24, 2.45) is 5.92 Å². The number of esters is 1. The zero-order valence-electron chi connectivity index (χ0n) is 13.9. The molecule has 0 spiro atoms. The lowest BCUT2D eigenvalue weighted by Crippen LogP contribution is -2.52. The first-order valence-electron chi connectivity index (χ1n) is 6.82. The molecular weight excluding hydrogens is 303 g/mol. The van der Waals surface area contributed by atoms with Crippen molar-refractivity contribution in [1.82, 2.24) is 5.32 Å². The van der Waals surface area contributed by atoms with Gasteiger partial charge in [0.15, 0.2) is 0 Å². The third kappa shape index (κ3) is 8.09. The quantitative estimate of drug-likeness (QED) is 0.807. The summed E-state index contributed by atoms with van der Waals surface area (Å²) in [5, 5.41) is 1.95. The van der Waals surface area contributed by atoms with Crippen molar-refractivity contribution in [2.45, 2.75) is 71.9 Å². The van der Waals surface area contributed by atoms with Gasteiger partial charge in [0.25, 0.3) is 0 Å². The van der Waals surface area contributed by atoms with Gasteiger partial charge in [-0.2, -0.15) is 13.2 Å². The summed E-state index contributed by atoms with van der Waals surface area (Å²) in [7, 11) is 0. The van der Waals surface area contributed by atoms with Crippen LogP contribution in [0.2, 0.25) is 0 Å². The number of carbonyl (C=O) groups is 2. The molecule has 1 N–H and O–H groups in total. The Morgan fingerprint density at radius 1 is 0.909 bits per heavy atom. The van der Waals surface area contributed by atoms with Gasteiger partial charge in [0, 0.05) is 0 Å². The molecule has 2 atom stereocenters. The van der Waals surface area contributed by atoms with E-state index in [4.69, 9.17) is 9.47 Å². The second-order valence-electron chi connectivity index (χ2n) is 6.99. The molecule has 0 fully saturated rings. The number of ether oxygens (including phenoxy) is 2. The molecule has 0 radical (unpaired) electrons. The van der Waals surface area contributed by atoms with Gasteiger partial charge in [0.05, 0.1) is 5.92 Å². The van der Waals surface area contributed by atoms with E-state index in [1.165, 1.54) is 20.8 Å². The summed E-state index contributed by atoms with van der Waals surface area (Å²) < 4.78 is 48.5. The minimum Gasteiger partial charge on any atom is -0.458 e. The van der Waals surface area contributed by atoms with E-state index in [2.05, 4.69) is 0 Å². The molecule has 0 bridgehead atoms. The topological polar surface area (TPSA) is 64.6 Å². The SMILES string of the molecule is CC(C(NC(=O)OC(C)(C)C)C(=O)OC(C)(C)C)C(F)(F)F. The maximum atomic E-state index is 12.9. The predicted octanol–water partition coefficient (Wildman–Crippen LogP) is 3.42. The van der Waals surface area contributed by atoms with E-state index in [1.54, 1.807) is 20.8 Å². The molecule has 5 nitrogen and oxygen atoms in total. The number of alkyl halides is 3. The number of hydrogen-bond donors (Lipinski definition) is 1. The Hall–Kier alpha value is -1.47. The molecular formula is C14H24F3NO4. The Bertz CT molecular complexity index is 408. The maximum absolute atomic E-state index is 12.9. The van der Waals surface area contributed by atoms with Crippen molar-refractivity contribution >= 4 is 12.1 Å². The third-order valence-electron chi connectivity index (χ3n) is 2.35.